The molecule has 18 heavy (non-hydrogen) atoms. The van der Waals surface area contributed by atoms with E-state index in [4.69, 9.17) is 11.6 Å². The van der Waals surface area contributed by atoms with Crippen LogP contribution in [0.5, 0.6) is 0 Å². The van der Waals surface area contributed by atoms with Crippen molar-refractivity contribution >= 4 is 22.9 Å². The number of thiophene rings is 1. The van der Waals surface area contributed by atoms with E-state index < -0.39 is 0 Å². The Balaban J connectivity index is 2.15. The molecule has 3 atom stereocenters. The smallest absolute Gasteiger partial charge is 0.0590 e. The number of hydrogen-bond donors (Lipinski definition) is 1. The van der Waals surface area contributed by atoms with Gasteiger partial charge in [-0.15, -0.1) is 11.3 Å². The normalized spacial score (nSPS) is 26.2. The van der Waals surface area contributed by atoms with E-state index in [1.54, 1.807) is 0 Å². The third-order valence-corrected chi connectivity index (χ3v) is 6.19. The van der Waals surface area contributed by atoms with Gasteiger partial charge in [-0.05, 0) is 49.6 Å². The van der Waals surface area contributed by atoms with E-state index in [-0.39, 0.29) is 0 Å². The molecule has 0 saturated heterocycles. The summed E-state index contributed by atoms with van der Waals surface area (Å²) in [5.74, 6) is 1.67. The summed E-state index contributed by atoms with van der Waals surface area (Å²) in [6.45, 7) is 4.43. The average molecular weight is 286 g/mol. The quantitative estimate of drug-likeness (QED) is 0.803. The molecule has 1 saturated carbocycles. The molecule has 1 N–H and O–H groups in total. The predicted octanol–water partition coefficient (Wildman–Crippen LogP) is 5.19. The zero-order valence-electron chi connectivity index (χ0n) is 11.6. The van der Waals surface area contributed by atoms with Crippen LogP contribution in [0, 0.1) is 18.8 Å². The minimum Gasteiger partial charge on any atom is -0.312 e. The maximum absolute atomic E-state index is 6.44. The fourth-order valence-electron chi connectivity index (χ4n) is 3.25. The molecule has 0 spiro atoms. The first kappa shape index (κ1) is 14.4. The van der Waals surface area contributed by atoms with Crippen LogP contribution in [0.25, 0.3) is 0 Å². The molecule has 0 bridgehead atoms. The van der Waals surface area contributed by atoms with Crippen molar-refractivity contribution in [2.45, 2.75) is 52.0 Å². The van der Waals surface area contributed by atoms with Crippen molar-refractivity contribution in [1.82, 2.24) is 5.32 Å². The van der Waals surface area contributed by atoms with Crippen LogP contribution in [0.3, 0.4) is 0 Å². The second-order valence-corrected chi connectivity index (χ2v) is 6.85. The Labute approximate surface area is 120 Å². The molecule has 1 fully saturated rings. The Morgan fingerprint density at radius 1 is 1.50 bits per heavy atom. The van der Waals surface area contributed by atoms with E-state index >= 15 is 0 Å². The van der Waals surface area contributed by atoms with Crippen molar-refractivity contribution in [3.05, 3.63) is 20.8 Å². The van der Waals surface area contributed by atoms with Gasteiger partial charge in [-0.3, -0.25) is 0 Å². The summed E-state index contributed by atoms with van der Waals surface area (Å²) in [5.41, 5.74) is 1.22. The molecule has 1 aliphatic rings. The van der Waals surface area contributed by atoms with Crippen molar-refractivity contribution < 1.29 is 0 Å². The second-order valence-electron chi connectivity index (χ2n) is 5.56. The van der Waals surface area contributed by atoms with E-state index in [9.17, 15) is 0 Å². The molecule has 2 rings (SSSR count). The Hall–Kier alpha value is -0.0500. The van der Waals surface area contributed by atoms with E-state index in [1.165, 1.54) is 42.5 Å². The predicted molar refractivity (Wildman–Crippen MR) is 81.6 cm³/mol. The first-order chi connectivity index (χ1) is 8.67. The molecule has 3 unspecified atom stereocenters. The standard InChI is InChI=1S/C15H24ClNS/c1-4-11-6-5-7-12(8-11)14(17-3)15-13(16)10(2)9-18-15/h9,11-12,14,17H,4-8H2,1-3H3. The summed E-state index contributed by atoms with van der Waals surface area (Å²) < 4.78 is 0. The molecule has 0 radical (unpaired) electrons. The zero-order chi connectivity index (χ0) is 13.1. The maximum atomic E-state index is 6.44. The third kappa shape index (κ3) is 2.92. The highest BCUT2D eigenvalue weighted by molar-refractivity contribution is 7.10. The topological polar surface area (TPSA) is 12.0 Å². The monoisotopic (exact) mass is 285 g/mol. The summed E-state index contributed by atoms with van der Waals surface area (Å²) >= 11 is 8.26. The van der Waals surface area contributed by atoms with Gasteiger partial charge in [-0.25, -0.2) is 0 Å². The lowest BCUT2D eigenvalue weighted by Gasteiger charge is -2.34. The van der Waals surface area contributed by atoms with E-state index in [2.05, 4.69) is 31.6 Å². The molecule has 1 aromatic heterocycles. The van der Waals surface area contributed by atoms with Crippen LogP contribution >= 0.6 is 22.9 Å². The molecule has 0 aliphatic heterocycles. The van der Waals surface area contributed by atoms with E-state index in [0.717, 1.165) is 16.9 Å². The van der Waals surface area contributed by atoms with Gasteiger partial charge >= 0.3 is 0 Å². The van der Waals surface area contributed by atoms with E-state index in [1.807, 2.05) is 11.3 Å². The van der Waals surface area contributed by atoms with Crippen LogP contribution in [0.4, 0.5) is 0 Å². The lowest BCUT2D eigenvalue weighted by molar-refractivity contribution is 0.216. The fourth-order valence-corrected chi connectivity index (χ4v) is 4.76. The SMILES string of the molecule is CCC1CCCC(C(NC)c2scc(C)c2Cl)C1. The van der Waals surface area contributed by atoms with Crippen molar-refractivity contribution in [2.75, 3.05) is 7.05 Å². The van der Waals surface area contributed by atoms with Crippen LogP contribution in [0.1, 0.15) is 55.5 Å². The van der Waals surface area contributed by atoms with Crippen molar-refractivity contribution in [2.24, 2.45) is 11.8 Å². The number of nitrogens with one attached hydrogen (secondary N) is 1. The Kier molecular flexibility index (Phi) is 5.11. The van der Waals surface area contributed by atoms with Crippen LogP contribution in [0.15, 0.2) is 5.38 Å². The molecular weight excluding hydrogens is 262 g/mol. The minimum absolute atomic E-state index is 0.450. The summed E-state index contributed by atoms with van der Waals surface area (Å²) in [4.78, 5) is 1.35. The van der Waals surface area contributed by atoms with Gasteiger partial charge in [0.1, 0.15) is 0 Å². The highest BCUT2D eigenvalue weighted by Crippen LogP contribution is 2.42. The summed E-state index contributed by atoms with van der Waals surface area (Å²) in [6.07, 6.45) is 6.82. The number of hydrogen-bond acceptors (Lipinski definition) is 2. The number of halogens is 1. The second kappa shape index (κ2) is 6.40. The molecule has 0 amide bonds. The lowest BCUT2D eigenvalue weighted by atomic mass is 9.76. The van der Waals surface area contributed by atoms with Crippen molar-refractivity contribution in [3.8, 4) is 0 Å². The summed E-state index contributed by atoms with van der Waals surface area (Å²) in [5, 5.41) is 6.68. The Morgan fingerprint density at radius 2 is 2.28 bits per heavy atom. The van der Waals surface area contributed by atoms with E-state index in [0.29, 0.717) is 6.04 Å². The van der Waals surface area contributed by atoms with Crippen LogP contribution in [-0.4, -0.2) is 7.05 Å². The largest absolute Gasteiger partial charge is 0.312 e. The summed E-state index contributed by atoms with van der Waals surface area (Å²) in [7, 11) is 2.08. The molecule has 1 aromatic rings. The minimum atomic E-state index is 0.450. The van der Waals surface area contributed by atoms with Crippen LogP contribution in [-0.2, 0) is 0 Å². The van der Waals surface area contributed by atoms with Gasteiger partial charge in [0.25, 0.3) is 0 Å². The van der Waals surface area contributed by atoms with Gasteiger partial charge < -0.3 is 5.32 Å². The summed E-state index contributed by atoms with van der Waals surface area (Å²) in [6, 6.07) is 0.450. The van der Waals surface area contributed by atoms with Gasteiger partial charge in [0, 0.05) is 10.9 Å². The van der Waals surface area contributed by atoms with Gasteiger partial charge in [-0.1, -0.05) is 37.8 Å². The Bertz CT molecular complexity index is 388. The Morgan fingerprint density at radius 3 is 2.83 bits per heavy atom. The molecule has 1 aliphatic carbocycles. The van der Waals surface area contributed by atoms with Crippen molar-refractivity contribution in [3.63, 3.8) is 0 Å². The highest BCUT2D eigenvalue weighted by atomic mass is 35.5. The van der Waals surface area contributed by atoms with Crippen LogP contribution in [0.2, 0.25) is 5.02 Å². The number of rotatable bonds is 4. The average Bonchev–Trinajstić information content (AvgIpc) is 2.72. The third-order valence-electron chi connectivity index (χ3n) is 4.39. The van der Waals surface area contributed by atoms with Gasteiger partial charge in [-0.2, -0.15) is 0 Å². The highest BCUT2D eigenvalue weighted by Gasteiger charge is 2.30. The van der Waals surface area contributed by atoms with Crippen LogP contribution < -0.4 is 5.32 Å². The zero-order valence-corrected chi connectivity index (χ0v) is 13.2. The fraction of sp³-hybridized carbons (Fsp3) is 0.733. The van der Waals surface area contributed by atoms with Gasteiger partial charge in [0.05, 0.1) is 5.02 Å². The maximum Gasteiger partial charge on any atom is 0.0590 e. The number of aryl methyl sites for hydroxylation is 1. The molecule has 3 heteroatoms. The lowest BCUT2D eigenvalue weighted by Crippen LogP contribution is -2.29. The van der Waals surface area contributed by atoms with Gasteiger partial charge in [0.15, 0.2) is 0 Å². The first-order valence-corrected chi connectivity index (χ1v) is 8.33. The van der Waals surface area contributed by atoms with Gasteiger partial charge in [0.2, 0.25) is 0 Å². The molecular formula is C15H24ClNS. The molecule has 0 aromatic carbocycles. The van der Waals surface area contributed by atoms with Crippen molar-refractivity contribution in [1.29, 1.82) is 0 Å². The molecule has 102 valence electrons. The first-order valence-electron chi connectivity index (χ1n) is 7.08. The molecule has 1 nitrogen and oxygen atoms in total. The molecule has 1 heterocycles.